The molecule has 0 bridgehead atoms. The van der Waals surface area contributed by atoms with Crippen LogP contribution in [-0.4, -0.2) is 42.8 Å². The summed E-state index contributed by atoms with van der Waals surface area (Å²) in [6.07, 6.45) is 0.805. The van der Waals surface area contributed by atoms with E-state index in [4.69, 9.17) is 11.6 Å². The number of nitrogens with zero attached hydrogens (tertiary/aromatic N) is 1. The Labute approximate surface area is 169 Å². The SMILES string of the molecule is CCc1ccccc1NC(=O)CN(C)CC(=O)NNC(=O)c1ccccc1Cl. The first-order valence-electron chi connectivity index (χ1n) is 8.80. The van der Waals surface area contributed by atoms with Crippen molar-refractivity contribution in [3.8, 4) is 0 Å². The molecule has 0 saturated carbocycles. The molecule has 0 spiro atoms. The van der Waals surface area contributed by atoms with Crippen molar-refractivity contribution in [2.24, 2.45) is 0 Å². The highest BCUT2D eigenvalue weighted by molar-refractivity contribution is 6.33. The van der Waals surface area contributed by atoms with Gasteiger partial charge in [0.1, 0.15) is 0 Å². The van der Waals surface area contributed by atoms with Crippen LogP contribution in [0.1, 0.15) is 22.8 Å². The Morgan fingerprint density at radius 1 is 0.929 bits per heavy atom. The van der Waals surface area contributed by atoms with Gasteiger partial charge in [-0.3, -0.25) is 30.1 Å². The summed E-state index contributed by atoms with van der Waals surface area (Å²) in [5.74, 6) is -1.20. The van der Waals surface area contributed by atoms with Gasteiger partial charge in [0.05, 0.1) is 23.7 Å². The average molecular weight is 403 g/mol. The minimum Gasteiger partial charge on any atom is -0.325 e. The molecule has 3 N–H and O–H groups in total. The summed E-state index contributed by atoms with van der Waals surface area (Å²) < 4.78 is 0. The number of hydrogen-bond acceptors (Lipinski definition) is 4. The number of benzene rings is 2. The van der Waals surface area contributed by atoms with Crippen LogP contribution in [0.25, 0.3) is 0 Å². The van der Waals surface area contributed by atoms with Gasteiger partial charge in [-0.2, -0.15) is 0 Å². The zero-order chi connectivity index (χ0) is 20.5. The molecule has 148 valence electrons. The zero-order valence-electron chi connectivity index (χ0n) is 15.8. The van der Waals surface area contributed by atoms with Crippen LogP contribution in [0.4, 0.5) is 5.69 Å². The second-order valence-electron chi connectivity index (χ2n) is 6.21. The van der Waals surface area contributed by atoms with Crippen molar-refractivity contribution >= 4 is 35.0 Å². The predicted molar refractivity (Wildman–Crippen MR) is 109 cm³/mol. The topological polar surface area (TPSA) is 90.5 Å². The number of hydrazine groups is 1. The third kappa shape index (κ3) is 6.37. The lowest BCUT2D eigenvalue weighted by Crippen LogP contribution is -2.46. The first-order valence-corrected chi connectivity index (χ1v) is 9.18. The lowest BCUT2D eigenvalue weighted by atomic mass is 10.1. The van der Waals surface area contributed by atoms with Crippen LogP contribution < -0.4 is 16.2 Å². The molecule has 0 unspecified atom stereocenters. The van der Waals surface area contributed by atoms with Gasteiger partial charge in [0.2, 0.25) is 5.91 Å². The molecular weight excluding hydrogens is 380 g/mol. The van der Waals surface area contributed by atoms with E-state index in [1.54, 1.807) is 36.2 Å². The third-order valence-corrected chi connectivity index (χ3v) is 4.26. The third-order valence-electron chi connectivity index (χ3n) is 3.93. The lowest BCUT2D eigenvalue weighted by molar-refractivity contribution is -0.123. The van der Waals surface area contributed by atoms with Crippen LogP contribution >= 0.6 is 11.6 Å². The summed E-state index contributed by atoms with van der Waals surface area (Å²) in [7, 11) is 1.64. The van der Waals surface area contributed by atoms with Crippen LogP contribution in [0.15, 0.2) is 48.5 Å². The van der Waals surface area contributed by atoms with Crippen LogP contribution in [-0.2, 0) is 16.0 Å². The number of nitrogens with one attached hydrogen (secondary N) is 3. The molecule has 7 nitrogen and oxygen atoms in total. The Kier molecular flexibility index (Phi) is 7.98. The summed E-state index contributed by atoms with van der Waals surface area (Å²) in [6.45, 7) is 1.98. The van der Waals surface area contributed by atoms with Crippen LogP contribution in [0.3, 0.4) is 0 Å². The van der Waals surface area contributed by atoms with E-state index in [1.165, 1.54) is 0 Å². The number of carbonyl (C=O) groups is 3. The van der Waals surface area contributed by atoms with E-state index in [9.17, 15) is 14.4 Å². The fraction of sp³-hybridized carbons (Fsp3) is 0.250. The molecule has 2 aromatic rings. The fourth-order valence-corrected chi connectivity index (χ4v) is 2.79. The molecule has 0 fully saturated rings. The predicted octanol–water partition coefficient (Wildman–Crippen LogP) is 2.23. The van der Waals surface area contributed by atoms with Gasteiger partial charge < -0.3 is 5.32 Å². The molecular formula is C20H23ClN4O3. The number of likely N-dealkylation sites (N-methyl/N-ethyl adjacent to an activating group) is 1. The van der Waals surface area contributed by atoms with Crippen LogP contribution in [0.2, 0.25) is 5.02 Å². The van der Waals surface area contributed by atoms with E-state index < -0.39 is 11.8 Å². The van der Waals surface area contributed by atoms with Crippen molar-refractivity contribution in [1.29, 1.82) is 0 Å². The van der Waals surface area contributed by atoms with E-state index in [1.807, 2.05) is 31.2 Å². The molecule has 3 amide bonds. The normalized spacial score (nSPS) is 10.4. The number of amides is 3. The molecule has 0 atom stereocenters. The second-order valence-corrected chi connectivity index (χ2v) is 6.62. The Hall–Kier alpha value is -2.90. The van der Waals surface area contributed by atoms with Crippen molar-refractivity contribution < 1.29 is 14.4 Å². The van der Waals surface area contributed by atoms with Crippen LogP contribution in [0, 0.1) is 0 Å². The highest BCUT2D eigenvalue weighted by Gasteiger charge is 2.14. The number of anilines is 1. The molecule has 0 aliphatic heterocycles. The number of rotatable bonds is 7. The Bertz CT molecular complexity index is 857. The number of para-hydroxylation sites is 1. The maximum Gasteiger partial charge on any atom is 0.271 e. The molecule has 2 rings (SSSR count). The van der Waals surface area contributed by atoms with Gasteiger partial charge >= 0.3 is 0 Å². The highest BCUT2D eigenvalue weighted by Crippen LogP contribution is 2.15. The first-order chi connectivity index (χ1) is 13.4. The maximum atomic E-state index is 12.2. The van der Waals surface area contributed by atoms with Crippen LogP contribution in [0.5, 0.6) is 0 Å². The van der Waals surface area contributed by atoms with E-state index in [-0.39, 0.29) is 29.6 Å². The summed E-state index contributed by atoms with van der Waals surface area (Å²) in [5.41, 5.74) is 6.67. The molecule has 2 aromatic carbocycles. The second kappa shape index (κ2) is 10.4. The van der Waals surface area contributed by atoms with Gasteiger partial charge in [-0.15, -0.1) is 0 Å². The van der Waals surface area contributed by atoms with Gasteiger partial charge in [0, 0.05) is 5.69 Å². The molecule has 28 heavy (non-hydrogen) atoms. The maximum absolute atomic E-state index is 12.2. The quantitative estimate of drug-likeness (QED) is 0.619. The van der Waals surface area contributed by atoms with Crippen molar-refractivity contribution in [3.63, 3.8) is 0 Å². The smallest absolute Gasteiger partial charge is 0.271 e. The van der Waals surface area contributed by atoms with E-state index in [0.717, 1.165) is 17.7 Å². The summed E-state index contributed by atoms with van der Waals surface area (Å²) in [4.78, 5) is 37.7. The summed E-state index contributed by atoms with van der Waals surface area (Å²) >= 11 is 5.94. The standard InChI is InChI=1S/C20H23ClN4O3/c1-3-14-8-4-7-11-17(14)22-18(26)12-25(2)13-19(27)23-24-20(28)15-9-5-6-10-16(15)21/h4-11H,3,12-13H2,1-2H3,(H,22,26)(H,23,27)(H,24,28). The molecule has 0 heterocycles. The van der Waals surface area contributed by atoms with E-state index >= 15 is 0 Å². The molecule has 0 aliphatic rings. The molecule has 0 aliphatic carbocycles. The fourth-order valence-electron chi connectivity index (χ4n) is 2.57. The Morgan fingerprint density at radius 2 is 1.57 bits per heavy atom. The molecule has 0 saturated heterocycles. The van der Waals surface area contributed by atoms with Gasteiger partial charge in [0.15, 0.2) is 0 Å². The summed E-state index contributed by atoms with van der Waals surface area (Å²) in [5, 5.41) is 3.13. The van der Waals surface area contributed by atoms with Gasteiger partial charge in [-0.05, 0) is 37.2 Å². The Morgan fingerprint density at radius 3 is 2.29 bits per heavy atom. The number of carbonyl (C=O) groups excluding carboxylic acids is 3. The first kappa shape index (κ1) is 21.4. The van der Waals surface area contributed by atoms with Gasteiger partial charge in [-0.25, -0.2) is 0 Å². The van der Waals surface area contributed by atoms with Gasteiger partial charge in [0.25, 0.3) is 11.8 Å². The molecule has 8 heteroatoms. The monoisotopic (exact) mass is 402 g/mol. The number of hydrogen-bond donors (Lipinski definition) is 3. The Balaban J connectivity index is 1.78. The number of halogens is 1. The van der Waals surface area contributed by atoms with E-state index in [0.29, 0.717) is 0 Å². The average Bonchev–Trinajstić information content (AvgIpc) is 2.66. The number of aryl methyl sites for hydroxylation is 1. The minimum atomic E-state index is -0.518. The minimum absolute atomic E-state index is 0.0317. The van der Waals surface area contributed by atoms with Crippen molar-refractivity contribution in [2.75, 3.05) is 25.5 Å². The van der Waals surface area contributed by atoms with Crippen molar-refractivity contribution in [2.45, 2.75) is 13.3 Å². The summed E-state index contributed by atoms with van der Waals surface area (Å²) in [6, 6.07) is 14.1. The van der Waals surface area contributed by atoms with Crippen molar-refractivity contribution in [1.82, 2.24) is 15.8 Å². The highest BCUT2D eigenvalue weighted by atomic mass is 35.5. The largest absolute Gasteiger partial charge is 0.325 e. The lowest BCUT2D eigenvalue weighted by Gasteiger charge is -2.17. The molecule has 0 aromatic heterocycles. The zero-order valence-corrected chi connectivity index (χ0v) is 16.5. The van der Waals surface area contributed by atoms with Gasteiger partial charge in [-0.1, -0.05) is 48.9 Å². The molecule has 0 radical (unpaired) electrons. The van der Waals surface area contributed by atoms with E-state index in [2.05, 4.69) is 16.2 Å². The van der Waals surface area contributed by atoms with Crippen molar-refractivity contribution in [3.05, 3.63) is 64.7 Å².